The summed E-state index contributed by atoms with van der Waals surface area (Å²) in [7, 11) is 0. The van der Waals surface area contributed by atoms with Crippen molar-refractivity contribution in [2.24, 2.45) is 0 Å². The van der Waals surface area contributed by atoms with Crippen molar-refractivity contribution in [3.05, 3.63) is 253 Å². The minimum atomic E-state index is 0.0379. The Kier molecular flexibility index (Phi) is 9.22. The zero-order valence-corrected chi connectivity index (χ0v) is 33.7. The molecule has 11 rings (SSSR count). The van der Waals surface area contributed by atoms with Gasteiger partial charge < -0.3 is 9.47 Å². The maximum absolute atomic E-state index is 2.50. The standard InChI is InChI=1S/C57H40N2S/c1-4-16-40(17-5-1)42-30-34-48(35-31-42)58(49-36-32-43(33-37-49)41-18-6-2-7-19-41)50-25-15-21-45(39-50)44-20-14-22-46(38-44)55-52-27-11-13-29-54(52)60-57-51-26-10-12-28-53(51)59(56(55)57)47-23-8-3-9-24-47/h1-39,55H. The molecule has 10 aromatic rings. The third-order valence-corrected chi connectivity index (χ3v) is 12.9. The van der Waals surface area contributed by atoms with E-state index in [9.17, 15) is 0 Å². The average molecular weight is 785 g/mol. The summed E-state index contributed by atoms with van der Waals surface area (Å²) in [5, 5.41) is 1.29. The number of hydrogen-bond donors (Lipinski definition) is 0. The van der Waals surface area contributed by atoms with Crippen LogP contribution in [-0.4, -0.2) is 4.57 Å². The van der Waals surface area contributed by atoms with Crippen molar-refractivity contribution in [3.63, 3.8) is 0 Å². The Balaban J connectivity index is 1.03. The smallest absolute Gasteiger partial charge is 0.0543 e. The van der Waals surface area contributed by atoms with Crippen LogP contribution in [0, 0.1) is 0 Å². The van der Waals surface area contributed by atoms with Gasteiger partial charge in [0, 0.05) is 43.6 Å². The number of fused-ring (bicyclic) bond motifs is 4. The highest BCUT2D eigenvalue weighted by Crippen LogP contribution is 2.53. The van der Waals surface area contributed by atoms with Crippen LogP contribution in [-0.2, 0) is 0 Å². The Morgan fingerprint density at radius 1 is 0.383 bits per heavy atom. The van der Waals surface area contributed by atoms with Crippen LogP contribution in [0.25, 0.3) is 50.0 Å². The summed E-state index contributed by atoms with van der Waals surface area (Å²) in [4.78, 5) is 5.01. The Hall–Kier alpha value is -7.33. The topological polar surface area (TPSA) is 8.17 Å². The molecule has 1 unspecified atom stereocenters. The third-order valence-electron chi connectivity index (χ3n) is 11.7. The van der Waals surface area contributed by atoms with E-state index in [0.29, 0.717) is 0 Å². The van der Waals surface area contributed by atoms with E-state index in [1.165, 1.54) is 76.6 Å². The van der Waals surface area contributed by atoms with Crippen LogP contribution in [0.1, 0.15) is 22.7 Å². The SMILES string of the molecule is c1ccc(-c2ccc(N(c3ccc(-c4ccccc4)cc3)c3cccc(-c4cccc(C5c6ccccc6Sc6c5n(-c5ccccc5)c5ccccc65)c4)c3)cc2)cc1. The molecule has 0 bridgehead atoms. The summed E-state index contributed by atoms with van der Waals surface area (Å²) in [6, 6.07) is 85.9. The van der Waals surface area contributed by atoms with Gasteiger partial charge in [-0.05, 0) is 105 Å². The molecule has 9 aromatic carbocycles. The molecule has 0 aliphatic carbocycles. The predicted octanol–water partition coefficient (Wildman–Crippen LogP) is 15.7. The van der Waals surface area contributed by atoms with E-state index < -0.39 is 0 Å². The molecule has 0 fully saturated rings. The molecule has 2 nitrogen and oxygen atoms in total. The molecule has 1 atom stereocenters. The van der Waals surface area contributed by atoms with Crippen molar-refractivity contribution in [2.45, 2.75) is 15.7 Å². The zero-order chi connectivity index (χ0) is 39.8. The predicted molar refractivity (Wildman–Crippen MR) is 252 cm³/mol. The second kappa shape index (κ2) is 15.4. The van der Waals surface area contributed by atoms with Crippen LogP contribution in [0.2, 0.25) is 0 Å². The van der Waals surface area contributed by atoms with Crippen molar-refractivity contribution < 1.29 is 0 Å². The van der Waals surface area contributed by atoms with E-state index in [0.717, 1.165) is 17.1 Å². The van der Waals surface area contributed by atoms with Crippen molar-refractivity contribution >= 4 is 39.7 Å². The van der Waals surface area contributed by atoms with E-state index in [1.807, 2.05) is 11.8 Å². The van der Waals surface area contributed by atoms with Crippen LogP contribution >= 0.6 is 11.8 Å². The first kappa shape index (κ1) is 35.8. The monoisotopic (exact) mass is 784 g/mol. The van der Waals surface area contributed by atoms with Gasteiger partial charge in [0.15, 0.2) is 0 Å². The molecular formula is C57H40N2S. The van der Waals surface area contributed by atoms with Crippen LogP contribution in [0.4, 0.5) is 17.1 Å². The second-order valence-electron chi connectivity index (χ2n) is 15.3. The van der Waals surface area contributed by atoms with Crippen LogP contribution in [0.3, 0.4) is 0 Å². The second-order valence-corrected chi connectivity index (χ2v) is 16.4. The fourth-order valence-corrected chi connectivity index (χ4v) is 10.2. The number of benzene rings is 9. The maximum atomic E-state index is 2.50. The normalized spacial score (nSPS) is 13.1. The van der Waals surface area contributed by atoms with Crippen LogP contribution in [0.15, 0.2) is 246 Å². The molecule has 0 N–H and O–H groups in total. The lowest BCUT2D eigenvalue weighted by Gasteiger charge is -2.29. The Labute approximate surface area is 355 Å². The minimum absolute atomic E-state index is 0.0379. The molecule has 1 aliphatic heterocycles. The number of nitrogens with zero attached hydrogens (tertiary/aromatic N) is 2. The van der Waals surface area contributed by atoms with Gasteiger partial charge in [-0.15, -0.1) is 0 Å². The van der Waals surface area contributed by atoms with Gasteiger partial charge in [0.25, 0.3) is 0 Å². The molecule has 1 aliphatic rings. The van der Waals surface area contributed by atoms with Crippen LogP contribution < -0.4 is 4.90 Å². The highest BCUT2D eigenvalue weighted by Gasteiger charge is 2.34. The molecule has 0 saturated heterocycles. The van der Waals surface area contributed by atoms with E-state index >= 15 is 0 Å². The van der Waals surface area contributed by atoms with E-state index in [4.69, 9.17) is 0 Å². The Morgan fingerprint density at radius 3 is 1.57 bits per heavy atom. The lowest BCUT2D eigenvalue weighted by atomic mass is 9.86. The average Bonchev–Trinajstić information content (AvgIpc) is 3.66. The molecule has 3 heteroatoms. The highest BCUT2D eigenvalue weighted by atomic mass is 32.2. The summed E-state index contributed by atoms with van der Waals surface area (Å²) in [5.41, 5.74) is 16.8. The van der Waals surface area contributed by atoms with Crippen molar-refractivity contribution in [1.29, 1.82) is 0 Å². The van der Waals surface area contributed by atoms with Gasteiger partial charge in [-0.1, -0.05) is 188 Å². The molecule has 1 aromatic heterocycles. The van der Waals surface area contributed by atoms with E-state index in [-0.39, 0.29) is 5.92 Å². The lowest BCUT2D eigenvalue weighted by Crippen LogP contribution is -2.14. The van der Waals surface area contributed by atoms with Gasteiger partial charge in [-0.25, -0.2) is 0 Å². The first-order chi connectivity index (χ1) is 29.8. The van der Waals surface area contributed by atoms with Gasteiger partial charge in [0.05, 0.1) is 11.4 Å². The third kappa shape index (κ3) is 6.50. The van der Waals surface area contributed by atoms with E-state index in [2.05, 4.69) is 246 Å². The quantitative estimate of drug-likeness (QED) is 0.152. The Morgan fingerprint density at radius 2 is 0.900 bits per heavy atom. The molecule has 0 radical (unpaired) electrons. The fraction of sp³-hybridized carbons (Fsp3) is 0.0175. The number of hydrogen-bond acceptors (Lipinski definition) is 2. The molecule has 2 heterocycles. The number of anilines is 3. The van der Waals surface area contributed by atoms with Crippen molar-refractivity contribution in [1.82, 2.24) is 4.57 Å². The first-order valence-corrected chi connectivity index (χ1v) is 21.4. The van der Waals surface area contributed by atoms with Crippen molar-refractivity contribution in [2.75, 3.05) is 4.90 Å². The highest BCUT2D eigenvalue weighted by molar-refractivity contribution is 7.99. The van der Waals surface area contributed by atoms with Gasteiger partial charge in [-0.3, -0.25) is 0 Å². The lowest BCUT2D eigenvalue weighted by molar-refractivity contribution is 0.826. The summed E-state index contributed by atoms with van der Waals surface area (Å²) >= 11 is 1.90. The zero-order valence-electron chi connectivity index (χ0n) is 32.9. The molecular weight excluding hydrogens is 745 g/mol. The van der Waals surface area contributed by atoms with E-state index in [1.54, 1.807) is 0 Å². The van der Waals surface area contributed by atoms with Gasteiger partial charge in [0.1, 0.15) is 0 Å². The van der Waals surface area contributed by atoms with Gasteiger partial charge >= 0.3 is 0 Å². The maximum Gasteiger partial charge on any atom is 0.0543 e. The van der Waals surface area contributed by atoms with Gasteiger partial charge in [0.2, 0.25) is 0 Å². The largest absolute Gasteiger partial charge is 0.311 e. The number of rotatable bonds is 8. The van der Waals surface area contributed by atoms with Crippen LogP contribution in [0.5, 0.6) is 0 Å². The fourth-order valence-electron chi connectivity index (χ4n) is 8.90. The first-order valence-electron chi connectivity index (χ1n) is 20.5. The summed E-state index contributed by atoms with van der Waals surface area (Å²) in [5.74, 6) is 0.0379. The van der Waals surface area contributed by atoms with Crippen molar-refractivity contribution in [3.8, 4) is 39.1 Å². The molecule has 284 valence electrons. The van der Waals surface area contributed by atoms with Gasteiger partial charge in [-0.2, -0.15) is 0 Å². The summed E-state index contributed by atoms with van der Waals surface area (Å²) in [6.07, 6.45) is 0. The molecule has 0 spiro atoms. The summed E-state index contributed by atoms with van der Waals surface area (Å²) in [6.45, 7) is 0. The number of para-hydroxylation sites is 2. The molecule has 0 amide bonds. The Bertz CT molecular complexity index is 3020. The number of aromatic nitrogens is 1. The molecule has 60 heavy (non-hydrogen) atoms. The molecule has 0 saturated carbocycles. The summed E-state index contributed by atoms with van der Waals surface area (Å²) < 4.78 is 2.50. The minimum Gasteiger partial charge on any atom is -0.311 e.